The van der Waals surface area contributed by atoms with Crippen LogP contribution in [0.15, 0.2) is 36.5 Å². The molecule has 1 aromatic heterocycles. The van der Waals surface area contributed by atoms with Gasteiger partial charge in [0.2, 0.25) is 0 Å². The van der Waals surface area contributed by atoms with Gasteiger partial charge < -0.3 is 15.2 Å². The lowest BCUT2D eigenvalue weighted by Gasteiger charge is -2.39. The molecule has 0 atom stereocenters. The van der Waals surface area contributed by atoms with Crippen LogP contribution in [0.1, 0.15) is 16.1 Å². The first kappa shape index (κ1) is 16.5. The van der Waals surface area contributed by atoms with Crippen LogP contribution in [-0.4, -0.2) is 42.1 Å². The highest BCUT2D eigenvalue weighted by molar-refractivity contribution is 6.32. The molecule has 3 rings (SSSR count). The predicted octanol–water partition coefficient (Wildman–Crippen LogP) is 2.11. The monoisotopic (exact) mass is 347 g/mol. The average Bonchev–Trinajstić information content (AvgIpc) is 2.54. The van der Waals surface area contributed by atoms with Gasteiger partial charge in [0.05, 0.1) is 12.1 Å². The van der Waals surface area contributed by atoms with Gasteiger partial charge in [-0.15, -0.1) is 0 Å². The van der Waals surface area contributed by atoms with Crippen molar-refractivity contribution in [3.63, 3.8) is 0 Å². The van der Waals surface area contributed by atoms with Gasteiger partial charge in [-0.25, -0.2) is 0 Å². The van der Waals surface area contributed by atoms with Gasteiger partial charge in [-0.1, -0.05) is 23.7 Å². The van der Waals surface area contributed by atoms with Gasteiger partial charge >= 0.3 is 0 Å². The highest BCUT2D eigenvalue weighted by Crippen LogP contribution is 2.30. The summed E-state index contributed by atoms with van der Waals surface area (Å²) < 4.78 is 11.1. The van der Waals surface area contributed by atoms with Crippen LogP contribution in [0.4, 0.5) is 0 Å². The Balaban J connectivity index is 1.55. The molecular formula is C17H18ClN3O3. The van der Waals surface area contributed by atoms with E-state index in [0.717, 1.165) is 25.2 Å². The Morgan fingerprint density at radius 2 is 2.21 bits per heavy atom. The first-order valence-electron chi connectivity index (χ1n) is 7.53. The number of hydrogen-bond donors (Lipinski definition) is 1. The Hall–Kier alpha value is -2.31. The lowest BCUT2D eigenvalue weighted by atomic mass is 10.1. The number of hydrogen-bond acceptors (Lipinski definition) is 5. The third-order valence-corrected chi connectivity index (χ3v) is 4.30. The molecule has 1 amide bonds. The van der Waals surface area contributed by atoms with Crippen molar-refractivity contribution in [3.8, 4) is 11.5 Å². The molecule has 0 unspecified atom stereocenters. The molecule has 24 heavy (non-hydrogen) atoms. The second-order valence-electron chi connectivity index (χ2n) is 5.61. The molecule has 2 heterocycles. The van der Waals surface area contributed by atoms with Crippen molar-refractivity contribution >= 4 is 17.5 Å². The van der Waals surface area contributed by atoms with Crippen LogP contribution in [0, 0.1) is 0 Å². The number of primary amides is 1. The molecule has 6 nitrogen and oxygen atoms in total. The molecule has 7 heteroatoms. The maximum Gasteiger partial charge on any atom is 0.267 e. The summed E-state index contributed by atoms with van der Waals surface area (Å²) in [5.41, 5.74) is 6.44. The van der Waals surface area contributed by atoms with E-state index < -0.39 is 5.91 Å². The van der Waals surface area contributed by atoms with E-state index in [9.17, 15) is 4.79 Å². The number of carbonyl (C=O) groups is 1. The van der Waals surface area contributed by atoms with Crippen LogP contribution < -0.4 is 15.2 Å². The molecule has 0 saturated carbocycles. The lowest BCUT2D eigenvalue weighted by molar-refractivity contribution is 0.0144. The quantitative estimate of drug-likeness (QED) is 0.866. The topological polar surface area (TPSA) is 77.7 Å². The zero-order valence-corrected chi connectivity index (χ0v) is 14.0. The normalized spacial score (nSPS) is 14.9. The summed E-state index contributed by atoms with van der Waals surface area (Å²) in [6.07, 6.45) is 1.58. The maximum atomic E-state index is 11.1. The number of rotatable bonds is 6. The van der Waals surface area contributed by atoms with Crippen LogP contribution in [0.3, 0.4) is 0 Å². The summed E-state index contributed by atoms with van der Waals surface area (Å²) in [5.74, 6) is 0.712. The Bertz CT molecular complexity index is 748. The van der Waals surface area contributed by atoms with Crippen LogP contribution in [-0.2, 0) is 6.54 Å². The van der Waals surface area contributed by atoms with Gasteiger partial charge in [-0.3, -0.25) is 14.7 Å². The minimum Gasteiger partial charge on any atom is -0.495 e. The number of benzene rings is 1. The third-order valence-electron chi connectivity index (χ3n) is 3.87. The van der Waals surface area contributed by atoms with Crippen molar-refractivity contribution in [2.24, 2.45) is 5.73 Å². The fourth-order valence-corrected chi connectivity index (χ4v) is 2.88. The minimum atomic E-state index is -0.566. The summed E-state index contributed by atoms with van der Waals surface area (Å²) >= 11 is 6.31. The predicted molar refractivity (Wildman–Crippen MR) is 90.5 cm³/mol. The summed E-state index contributed by atoms with van der Waals surface area (Å²) in [7, 11) is 1.60. The van der Waals surface area contributed by atoms with Crippen molar-refractivity contribution in [1.29, 1.82) is 0 Å². The Morgan fingerprint density at radius 1 is 1.42 bits per heavy atom. The minimum absolute atomic E-state index is 0.0671. The summed E-state index contributed by atoms with van der Waals surface area (Å²) in [6.45, 7) is 2.29. The van der Waals surface area contributed by atoms with E-state index in [1.165, 1.54) is 6.20 Å². The number of nitrogens with zero attached hydrogens (tertiary/aromatic N) is 2. The van der Waals surface area contributed by atoms with E-state index in [-0.39, 0.29) is 11.8 Å². The average molecular weight is 348 g/mol. The largest absolute Gasteiger partial charge is 0.495 e. The standard InChI is InChI=1S/C17H18ClN3O3/c1-23-15-4-2-3-11(16(15)18)8-21-9-13(10-21)24-12-5-6-20-14(7-12)17(19)22/h2-7,13H,8-10H2,1H3,(H2,19,22). The molecule has 1 aliphatic heterocycles. The van der Waals surface area contributed by atoms with E-state index in [1.54, 1.807) is 19.2 Å². The number of likely N-dealkylation sites (tertiary alicyclic amines) is 1. The SMILES string of the molecule is COc1cccc(CN2CC(Oc3ccnc(C(N)=O)c3)C2)c1Cl. The van der Waals surface area contributed by atoms with Crippen LogP contribution in [0.5, 0.6) is 11.5 Å². The van der Waals surface area contributed by atoms with Crippen molar-refractivity contribution in [3.05, 3.63) is 52.8 Å². The number of methoxy groups -OCH3 is 1. The van der Waals surface area contributed by atoms with Gasteiger partial charge in [0.25, 0.3) is 5.91 Å². The zero-order valence-electron chi connectivity index (χ0n) is 13.2. The number of aromatic nitrogens is 1. The molecular weight excluding hydrogens is 330 g/mol. The first-order valence-corrected chi connectivity index (χ1v) is 7.91. The Kier molecular flexibility index (Phi) is 4.87. The van der Waals surface area contributed by atoms with Gasteiger partial charge in [0.15, 0.2) is 0 Å². The molecule has 0 radical (unpaired) electrons. The highest BCUT2D eigenvalue weighted by Gasteiger charge is 2.29. The number of amides is 1. The number of halogens is 1. The van der Waals surface area contributed by atoms with Crippen molar-refractivity contribution in [2.75, 3.05) is 20.2 Å². The van der Waals surface area contributed by atoms with E-state index >= 15 is 0 Å². The van der Waals surface area contributed by atoms with Crippen LogP contribution in [0.2, 0.25) is 5.02 Å². The van der Waals surface area contributed by atoms with Crippen molar-refractivity contribution < 1.29 is 14.3 Å². The molecule has 2 N–H and O–H groups in total. The summed E-state index contributed by atoms with van der Waals surface area (Å²) in [5, 5.41) is 0.643. The summed E-state index contributed by atoms with van der Waals surface area (Å²) in [4.78, 5) is 17.3. The molecule has 126 valence electrons. The van der Waals surface area contributed by atoms with E-state index in [4.69, 9.17) is 26.8 Å². The molecule has 1 aliphatic rings. The molecule has 0 bridgehead atoms. The maximum absolute atomic E-state index is 11.1. The fourth-order valence-electron chi connectivity index (χ4n) is 2.61. The van der Waals surface area contributed by atoms with Crippen molar-refractivity contribution in [1.82, 2.24) is 9.88 Å². The molecule has 2 aromatic rings. The number of ether oxygens (including phenoxy) is 2. The molecule has 1 fully saturated rings. The van der Waals surface area contributed by atoms with Crippen LogP contribution in [0.25, 0.3) is 0 Å². The van der Waals surface area contributed by atoms with Gasteiger partial charge in [-0.05, 0) is 17.7 Å². The number of pyridine rings is 1. The van der Waals surface area contributed by atoms with Gasteiger partial charge in [-0.2, -0.15) is 0 Å². The Labute approximate surface area is 145 Å². The van der Waals surface area contributed by atoms with Gasteiger partial charge in [0, 0.05) is 31.9 Å². The second kappa shape index (κ2) is 7.07. The molecule has 1 saturated heterocycles. The van der Waals surface area contributed by atoms with E-state index in [1.807, 2.05) is 18.2 Å². The Morgan fingerprint density at radius 3 is 2.92 bits per heavy atom. The second-order valence-corrected chi connectivity index (χ2v) is 5.99. The first-order chi connectivity index (χ1) is 11.6. The molecule has 0 aliphatic carbocycles. The smallest absolute Gasteiger partial charge is 0.267 e. The van der Waals surface area contributed by atoms with E-state index in [2.05, 4.69) is 9.88 Å². The fraction of sp³-hybridized carbons (Fsp3) is 0.294. The lowest BCUT2D eigenvalue weighted by Crippen LogP contribution is -2.53. The number of nitrogens with two attached hydrogens (primary N) is 1. The van der Waals surface area contributed by atoms with Gasteiger partial charge in [0.1, 0.15) is 23.3 Å². The third kappa shape index (κ3) is 3.60. The van der Waals surface area contributed by atoms with E-state index in [0.29, 0.717) is 16.5 Å². The van der Waals surface area contributed by atoms with Crippen molar-refractivity contribution in [2.45, 2.75) is 12.6 Å². The highest BCUT2D eigenvalue weighted by atomic mass is 35.5. The summed E-state index contributed by atoms with van der Waals surface area (Å²) in [6, 6.07) is 9.03. The molecule has 0 spiro atoms. The number of carbonyl (C=O) groups excluding carboxylic acids is 1. The zero-order chi connectivity index (χ0) is 17.1. The molecule has 1 aromatic carbocycles. The van der Waals surface area contributed by atoms with Crippen LogP contribution >= 0.6 is 11.6 Å².